The largest absolute Gasteiger partial charge is 0.355 e. The smallest absolute Gasteiger partial charge is 0.0454 e. The van der Waals surface area contributed by atoms with E-state index in [4.69, 9.17) is 13.7 Å². The van der Waals surface area contributed by atoms with Gasteiger partial charge in [-0.2, -0.15) is 0 Å². The quantitative estimate of drug-likeness (QED) is 0.101. The van der Waals surface area contributed by atoms with Crippen molar-refractivity contribution in [3.63, 3.8) is 0 Å². The first kappa shape index (κ1) is 64.7. The van der Waals surface area contributed by atoms with Crippen LogP contribution in [0.5, 0.6) is 0 Å². The molecule has 2 N–H and O–H groups in total. The number of fused-ring (bicyclic) bond motifs is 9. The molecule has 0 bridgehead atoms. The molecule has 0 aromatic heterocycles. The van der Waals surface area contributed by atoms with Crippen molar-refractivity contribution in [2.45, 2.75) is 235 Å². The lowest BCUT2D eigenvalue weighted by molar-refractivity contribution is 0.658. The fraction of sp³-hybridized carbons (Fsp3) is 0.333. The maximum Gasteiger partial charge on any atom is 0.0454 e. The summed E-state index contributed by atoms with van der Waals surface area (Å²) >= 11 is 0. The van der Waals surface area contributed by atoms with Crippen LogP contribution >= 0.6 is 0 Å². The van der Waals surface area contributed by atoms with Gasteiger partial charge in [-0.1, -0.05) is 338 Å². The molecule has 570 valence electrons. The van der Waals surface area contributed by atoms with Crippen LogP contribution in [0.2, 0.25) is 0 Å². The van der Waals surface area contributed by atoms with Crippen LogP contribution in [0.15, 0.2) is 255 Å². The maximum atomic E-state index is 9.29. The molecular formula is C108H123N3. The highest BCUT2D eigenvalue weighted by Crippen LogP contribution is 2.58. The minimum Gasteiger partial charge on any atom is -0.355 e. The van der Waals surface area contributed by atoms with Crippen molar-refractivity contribution < 1.29 is 16.4 Å². The zero-order valence-corrected chi connectivity index (χ0v) is 69.0. The molecule has 3 nitrogen and oxygen atoms in total. The molecule has 0 unspecified atom stereocenters. The molecule has 111 heavy (non-hydrogen) atoms. The van der Waals surface area contributed by atoms with Gasteiger partial charge in [0.1, 0.15) is 0 Å². The van der Waals surface area contributed by atoms with E-state index < -0.39 is 54.5 Å². The SMILES string of the molecule is CCC.CCC.[2H]C(C)(C)c1c(Nc2cc3c(cc2C([2H])(C([2H])([2H])[2H])C([2H])([2H])[2H])-c2ccccc2C3(C)C)cccc1-c1ccccc1.[2H]C(C)(C)c1cc2c(cc1N(c1cccc(-c3ccccc3)c1C([2H])(C)C)C(C)C)C(C)(C)c1ccccc1-2.[2H]C1(c2cc3c(cc2Nc2cccc(-c4ccccc4)c2C2([2H])CC2)C(C)(C)c2ccccc2-3)CC1. The second-order valence-electron chi connectivity index (χ2n) is 33.3. The summed E-state index contributed by atoms with van der Waals surface area (Å²) < 4.78 is 105. The second kappa shape index (κ2) is 33.2. The van der Waals surface area contributed by atoms with Crippen molar-refractivity contribution in [3.8, 4) is 66.8 Å². The summed E-state index contributed by atoms with van der Waals surface area (Å²) in [7, 11) is 0. The van der Waals surface area contributed by atoms with E-state index in [0.717, 1.165) is 126 Å². The first-order chi connectivity index (χ1) is 57.7. The highest BCUT2D eigenvalue weighted by atomic mass is 15.2. The van der Waals surface area contributed by atoms with Crippen LogP contribution in [0.1, 0.15) is 295 Å². The Hall–Kier alpha value is -9.96. The minimum absolute atomic E-state index is 0.0958. The van der Waals surface area contributed by atoms with Crippen LogP contribution in [-0.2, 0) is 16.2 Å². The van der Waals surface area contributed by atoms with E-state index in [2.05, 4.69) is 256 Å². The van der Waals surface area contributed by atoms with Crippen LogP contribution in [0, 0.1) is 0 Å². The summed E-state index contributed by atoms with van der Waals surface area (Å²) in [6.07, 6.45) is 6.05. The van der Waals surface area contributed by atoms with Gasteiger partial charge in [-0.25, -0.2) is 0 Å². The molecule has 3 heteroatoms. The lowest BCUT2D eigenvalue weighted by Gasteiger charge is -2.36. The summed E-state index contributed by atoms with van der Waals surface area (Å²) in [6, 6.07) is 86.9. The molecule has 5 aliphatic rings. The van der Waals surface area contributed by atoms with Gasteiger partial charge in [0.25, 0.3) is 0 Å². The van der Waals surface area contributed by atoms with Crippen molar-refractivity contribution in [1.29, 1.82) is 0 Å². The normalized spacial score (nSPS) is 17.4. The third-order valence-electron chi connectivity index (χ3n) is 22.7. The van der Waals surface area contributed by atoms with E-state index >= 15 is 0 Å². The summed E-state index contributed by atoms with van der Waals surface area (Å²) in [5, 5.41) is 7.16. The minimum atomic E-state index is -3.17. The molecule has 12 aromatic rings. The van der Waals surface area contributed by atoms with E-state index in [-0.39, 0.29) is 28.1 Å². The van der Waals surface area contributed by atoms with Crippen molar-refractivity contribution in [3.05, 3.63) is 322 Å². The molecule has 0 atom stereocenters. The first-order valence-corrected chi connectivity index (χ1v) is 40.5. The number of hydrogen-bond acceptors (Lipinski definition) is 3. The predicted molar refractivity (Wildman–Crippen MR) is 484 cm³/mol. The van der Waals surface area contributed by atoms with Gasteiger partial charge >= 0.3 is 0 Å². The average molecular weight is 1480 g/mol. The topological polar surface area (TPSA) is 27.3 Å². The Morgan fingerprint density at radius 1 is 0.342 bits per heavy atom. The molecule has 5 aliphatic carbocycles. The fourth-order valence-corrected chi connectivity index (χ4v) is 17.2. The summed E-state index contributed by atoms with van der Waals surface area (Å²) in [4.78, 5) is 2.38. The Balaban J connectivity index is 0.000000154. The molecule has 0 aliphatic heterocycles. The molecule has 2 fully saturated rings. The van der Waals surface area contributed by atoms with E-state index in [1.807, 2.05) is 113 Å². The van der Waals surface area contributed by atoms with Gasteiger partial charge in [-0.05, 0) is 263 Å². The highest BCUT2D eigenvalue weighted by Gasteiger charge is 2.41. The number of nitrogens with zero attached hydrogens (tertiary/aromatic N) is 1. The van der Waals surface area contributed by atoms with E-state index in [9.17, 15) is 2.74 Å². The third-order valence-corrected chi connectivity index (χ3v) is 22.7. The van der Waals surface area contributed by atoms with Crippen LogP contribution in [0.3, 0.4) is 0 Å². The zero-order chi connectivity index (χ0) is 89.3. The third kappa shape index (κ3) is 15.8. The first-order valence-electron chi connectivity index (χ1n) is 46.5. The van der Waals surface area contributed by atoms with Crippen molar-refractivity contribution in [2.24, 2.45) is 0 Å². The molecule has 0 heterocycles. The Kier molecular flexibility index (Phi) is 19.3. The second-order valence-corrected chi connectivity index (χ2v) is 33.3. The lowest BCUT2D eigenvalue weighted by Crippen LogP contribution is -2.29. The Bertz CT molecular complexity index is 5830. The number of hydrogen-bond donors (Lipinski definition) is 2. The average Bonchev–Trinajstić information content (AvgIpc) is 1.61. The summed E-state index contributed by atoms with van der Waals surface area (Å²) in [5.41, 5.74) is 29.1. The van der Waals surface area contributed by atoms with Crippen molar-refractivity contribution in [1.82, 2.24) is 0 Å². The van der Waals surface area contributed by atoms with Crippen LogP contribution in [-0.4, -0.2) is 6.04 Å². The number of nitrogens with one attached hydrogen (secondary N) is 2. The van der Waals surface area contributed by atoms with Gasteiger partial charge in [0.15, 0.2) is 0 Å². The van der Waals surface area contributed by atoms with E-state index in [1.54, 1.807) is 26.0 Å². The standard InChI is InChI=1S/C36H41N.C33H31N.C33H35N.2C3H8/c1-23(2)29-21-30-28-17-12-13-19-31(28)36(7,8)32(30)22-34(29)37(25(5)6)33-20-14-18-27(35(33)24(3)4)26-15-10-9-11-16-26;1-33(2)28-13-7-6-11-25(28)27-19-26(22-15-16-22)31(20-29(27)33)34-30-14-8-12-24(32(30)23-17-18-23)21-9-4-3-5-10-21;1-21(2)26-19-27-25-15-10-11-17-28(25)33(5,6)29(27)20-31(26)34-30-18-12-16-24(32(30)22(3)4)23-13-8-7-9-14-23;2*1-3-2/h9-25H,1-8H3;3-14,19-20,22-23,34H,15-18H2,1-2H3;7-22,34H,1-6H3;2*3H2,1-2H3/i23D,24D;22D,23D;1D3,2D3,21D,22D;;. The molecule has 2 saturated carbocycles. The van der Waals surface area contributed by atoms with Gasteiger partial charge in [0, 0.05) is 72.9 Å². The fourth-order valence-electron chi connectivity index (χ4n) is 17.2. The number of benzene rings is 12. The Morgan fingerprint density at radius 3 is 1.17 bits per heavy atom. The van der Waals surface area contributed by atoms with Crippen LogP contribution < -0.4 is 15.5 Å². The Morgan fingerprint density at radius 2 is 0.721 bits per heavy atom. The van der Waals surface area contributed by atoms with Crippen LogP contribution in [0.4, 0.5) is 34.1 Å². The van der Waals surface area contributed by atoms with E-state index in [1.165, 1.54) is 57.3 Å². The van der Waals surface area contributed by atoms with Gasteiger partial charge in [-0.3, -0.25) is 0 Å². The van der Waals surface area contributed by atoms with Gasteiger partial charge in [0.05, 0.1) is 0 Å². The molecule has 12 aromatic carbocycles. The molecular weight excluding hydrogens is 1340 g/mol. The monoisotopic (exact) mass is 1470 g/mol. The number of anilines is 6. The molecule has 0 radical (unpaired) electrons. The van der Waals surface area contributed by atoms with Crippen molar-refractivity contribution in [2.75, 3.05) is 15.5 Å². The predicted octanol–water partition coefficient (Wildman–Crippen LogP) is 32.1. The van der Waals surface area contributed by atoms with Crippen LogP contribution in [0.25, 0.3) is 66.8 Å². The van der Waals surface area contributed by atoms with Gasteiger partial charge < -0.3 is 15.5 Å². The molecule has 17 rings (SSSR count). The van der Waals surface area contributed by atoms with E-state index in [0.29, 0.717) is 11.3 Å². The molecule has 0 saturated heterocycles. The summed E-state index contributed by atoms with van der Waals surface area (Å²) in [5.74, 6) is -6.74. The molecule has 0 amide bonds. The molecule has 0 spiro atoms. The lowest BCUT2D eigenvalue weighted by atomic mass is 9.81. The van der Waals surface area contributed by atoms with Crippen molar-refractivity contribution >= 4 is 34.1 Å². The Labute approximate surface area is 685 Å². The highest BCUT2D eigenvalue weighted by molar-refractivity contribution is 5.90. The summed E-state index contributed by atoms with van der Waals surface area (Å²) in [6.45, 7) is 31.5. The number of rotatable bonds is 16. The van der Waals surface area contributed by atoms with Gasteiger partial charge in [-0.15, -0.1) is 0 Å². The van der Waals surface area contributed by atoms with Gasteiger partial charge in [0.2, 0.25) is 0 Å². The maximum absolute atomic E-state index is 9.29. The zero-order valence-electron chi connectivity index (χ0n) is 81.0.